The number of thiol groups is 1. The first-order valence-electron chi connectivity index (χ1n) is 4.18. The number of allylic oxidation sites excluding steroid dienone is 1. The molecule has 0 aromatic heterocycles. The Balaban J connectivity index is 0. The summed E-state index contributed by atoms with van der Waals surface area (Å²) >= 11 is 5.48. The molecule has 76 valence electrons. The average molecular weight is 256 g/mol. The Bertz CT molecular complexity index is 449. The van der Waals surface area contributed by atoms with E-state index in [2.05, 4.69) is 18.7 Å². The van der Waals surface area contributed by atoms with Crippen molar-refractivity contribution in [2.75, 3.05) is 5.75 Å². The van der Waals surface area contributed by atoms with Crippen LogP contribution in [0, 0.1) is 22.7 Å². The van der Waals surface area contributed by atoms with Crippen molar-refractivity contribution in [3.63, 3.8) is 0 Å². The van der Waals surface area contributed by atoms with Gasteiger partial charge in [0, 0.05) is 0 Å². The van der Waals surface area contributed by atoms with Gasteiger partial charge in [-0.25, -0.2) is 0 Å². The number of thioether (sulfide) groups is 1. The first kappa shape index (κ1) is 15.6. The Morgan fingerprint density at radius 3 is 2.44 bits per heavy atom. The third kappa shape index (κ3) is 4.65. The predicted molar refractivity (Wildman–Crippen MR) is 67.1 cm³/mol. The Labute approximate surface area is 129 Å². The van der Waals surface area contributed by atoms with Crippen LogP contribution in [0.2, 0.25) is 0 Å². The van der Waals surface area contributed by atoms with Crippen LogP contribution in [0.25, 0.3) is 5.57 Å². The molecule has 0 saturated heterocycles. The van der Waals surface area contributed by atoms with Gasteiger partial charge in [-0.1, -0.05) is 30.3 Å². The van der Waals surface area contributed by atoms with Crippen LogP contribution in [0.3, 0.4) is 0 Å². The smallest absolute Gasteiger partial charge is 1.00 e. The molecule has 0 atom stereocenters. The zero-order valence-electron chi connectivity index (χ0n) is 9.84. The van der Waals surface area contributed by atoms with Gasteiger partial charge in [0.05, 0.1) is 21.6 Å². The molecule has 0 aliphatic carbocycles. The monoisotopic (exact) mass is 256 g/mol. The third-order valence-electron chi connectivity index (χ3n) is 1.66. The van der Waals surface area contributed by atoms with Crippen LogP contribution < -0.4 is 29.6 Å². The fourth-order valence-corrected chi connectivity index (χ4v) is 1.90. The number of nitriles is 2. The van der Waals surface area contributed by atoms with Gasteiger partial charge >= 0.3 is 29.6 Å². The van der Waals surface area contributed by atoms with Crippen LogP contribution in [0.5, 0.6) is 0 Å². The minimum atomic E-state index is 0. The molecule has 5 heteroatoms. The normalized spacial score (nSPS) is 10.4. The summed E-state index contributed by atoms with van der Waals surface area (Å²) in [6.07, 6.45) is 0. The molecule has 16 heavy (non-hydrogen) atoms. The maximum absolute atomic E-state index is 9.00. The number of hydrogen-bond donors (Lipinski definition) is 1. The molecule has 0 unspecified atom stereocenters. The van der Waals surface area contributed by atoms with Crippen molar-refractivity contribution in [1.29, 1.82) is 10.5 Å². The second kappa shape index (κ2) is 8.75. The van der Waals surface area contributed by atoms with Crippen LogP contribution in [0.4, 0.5) is 0 Å². The zero-order chi connectivity index (χ0) is 11.1. The molecule has 1 rings (SSSR count). The topological polar surface area (TPSA) is 47.6 Å². The Morgan fingerprint density at radius 1 is 1.31 bits per heavy atom. The van der Waals surface area contributed by atoms with Crippen LogP contribution in [0.15, 0.2) is 34.6 Å². The van der Waals surface area contributed by atoms with E-state index >= 15 is 0 Å². The van der Waals surface area contributed by atoms with Crippen molar-refractivity contribution >= 4 is 30.0 Å². The van der Waals surface area contributed by atoms with Gasteiger partial charge < -0.3 is 1.43 Å². The van der Waals surface area contributed by atoms with E-state index < -0.39 is 0 Å². The summed E-state index contributed by atoms with van der Waals surface area (Å²) in [7, 11) is 0. The Morgan fingerprint density at radius 2 is 1.94 bits per heavy atom. The van der Waals surface area contributed by atoms with Crippen molar-refractivity contribution in [2.45, 2.75) is 0 Å². The van der Waals surface area contributed by atoms with E-state index in [1.807, 2.05) is 36.4 Å². The molecule has 1 aromatic rings. The molecule has 0 bridgehead atoms. The summed E-state index contributed by atoms with van der Waals surface area (Å²) in [6, 6.07) is 13.4. The molecule has 0 heterocycles. The second-order valence-electron chi connectivity index (χ2n) is 2.60. The van der Waals surface area contributed by atoms with E-state index in [9.17, 15) is 0 Å². The standard InChI is InChI=1S/C11H8N2S2.Na.H/c12-6-7-15-11(14)10(8-13)9-4-2-1-3-5-9;;/h1-5,14H,7H2;;/q;+1;-1/b11-10+;;. The van der Waals surface area contributed by atoms with Crippen molar-refractivity contribution in [1.82, 2.24) is 0 Å². The largest absolute Gasteiger partial charge is 1.00 e. The van der Waals surface area contributed by atoms with Gasteiger partial charge in [0.15, 0.2) is 0 Å². The minimum Gasteiger partial charge on any atom is -1.00 e. The molecular formula is C11H9N2NaS2. The molecule has 0 N–H and O–H groups in total. The summed E-state index contributed by atoms with van der Waals surface area (Å²) in [5, 5.41) is 17.4. The maximum atomic E-state index is 9.00. The van der Waals surface area contributed by atoms with E-state index in [1.54, 1.807) is 0 Å². The van der Waals surface area contributed by atoms with Crippen molar-refractivity contribution in [2.24, 2.45) is 0 Å². The minimum absolute atomic E-state index is 0. The number of rotatable bonds is 3. The Hall–Kier alpha value is -0.360. The van der Waals surface area contributed by atoms with E-state index in [0.29, 0.717) is 15.6 Å². The van der Waals surface area contributed by atoms with Gasteiger partial charge in [-0.2, -0.15) is 10.5 Å². The van der Waals surface area contributed by atoms with Gasteiger partial charge in [0.25, 0.3) is 0 Å². The zero-order valence-corrected chi connectivity index (χ0v) is 12.6. The number of hydrogen-bond acceptors (Lipinski definition) is 4. The van der Waals surface area contributed by atoms with Gasteiger partial charge in [-0.3, -0.25) is 0 Å². The molecule has 0 aliphatic rings. The van der Waals surface area contributed by atoms with Crippen molar-refractivity contribution < 1.29 is 31.0 Å². The van der Waals surface area contributed by atoms with Crippen LogP contribution >= 0.6 is 24.4 Å². The predicted octanol–water partition coefficient (Wildman–Crippen LogP) is 0.182. The van der Waals surface area contributed by atoms with Gasteiger partial charge in [-0.15, -0.1) is 24.4 Å². The molecule has 0 aliphatic heterocycles. The summed E-state index contributed by atoms with van der Waals surface area (Å²) in [4.78, 5) is 0. The van der Waals surface area contributed by atoms with E-state index in [0.717, 1.165) is 5.56 Å². The van der Waals surface area contributed by atoms with Gasteiger partial charge in [-0.05, 0) is 5.56 Å². The summed E-state index contributed by atoms with van der Waals surface area (Å²) in [5.74, 6) is 0.302. The molecule has 0 spiro atoms. The maximum Gasteiger partial charge on any atom is 1.00 e. The van der Waals surface area contributed by atoms with E-state index in [1.165, 1.54) is 11.8 Å². The Kier molecular flexibility index (Phi) is 8.56. The van der Waals surface area contributed by atoms with E-state index in [4.69, 9.17) is 10.5 Å². The van der Waals surface area contributed by atoms with Crippen LogP contribution in [-0.2, 0) is 0 Å². The molecule has 0 fully saturated rings. The van der Waals surface area contributed by atoms with Crippen molar-refractivity contribution in [3.05, 3.63) is 40.1 Å². The molecular weight excluding hydrogens is 247 g/mol. The quantitative estimate of drug-likeness (QED) is 0.477. The molecule has 0 saturated carbocycles. The third-order valence-corrected chi connectivity index (χ3v) is 3.02. The molecule has 0 radical (unpaired) electrons. The second-order valence-corrected chi connectivity index (χ2v) is 4.34. The molecule has 2 nitrogen and oxygen atoms in total. The fraction of sp³-hybridized carbons (Fsp3) is 0.0909. The summed E-state index contributed by atoms with van der Waals surface area (Å²) in [5.41, 5.74) is 1.34. The number of nitrogens with zero attached hydrogens (tertiary/aromatic N) is 2. The van der Waals surface area contributed by atoms with Gasteiger partial charge in [0.2, 0.25) is 0 Å². The first-order valence-corrected chi connectivity index (χ1v) is 5.61. The van der Waals surface area contributed by atoms with Crippen molar-refractivity contribution in [3.8, 4) is 12.1 Å². The number of benzene rings is 1. The van der Waals surface area contributed by atoms with E-state index in [-0.39, 0.29) is 31.0 Å². The summed E-state index contributed by atoms with van der Waals surface area (Å²) < 4.78 is 0.588. The van der Waals surface area contributed by atoms with Crippen LogP contribution in [-0.4, -0.2) is 5.75 Å². The molecule has 1 aromatic carbocycles. The SMILES string of the molecule is N#CCS/C(S)=C(\C#N)c1ccccc1.[H-].[Na+]. The average Bonchev–Trinajstić information content (AvgIpc) is 2.29. The van der Waals surface area contributed by atoms with Gasteiger partial charge in [0.1, 0.15) is 6.07 Å². The summed E-state index contributed by atoms with van der Waals surface area (Å²) in [6.45, 7) is 0. The van der Waals surface area contributed by atoms with Crippen LogP contribution in [0.1, 0.15) is 6.99 Å². The fourth-order valence-electron chi connectivity index (χ4n) is 1.01. The first-order chi connectivity index (χ1) is 7.29. The molecule has 0 amide bonds.